The Kier molecular flexibility index (Phi) is 6.53. The number of carbonyl (C=O) groups excluding carboxylic acids is 1. The highest BCUT2D eigenvalue weighted by molar-refractivity contribution is 5.89. The van der Waals surface area contributed by atoms with Gasteiger partial charge in [-0.25, -0.2) is 4.79 Å². The van der Waals surface area contributed by atoms with Gasteiger partial charge in [0, 0.05) is 36.1 Å². The third-order valence-corrected chi connectivity index (χ3v) is 5.85. The van der Waals surface area contributed by atoms with E-state index in [-0.39, 0.29) is 5.97 Å². The first-order valence-corrected chi connectivity index (χ1v) is 10.9. The summed E-state index contributed by atoms with van der Waals surface area (Å²) in [6, 6.07) is 9.58. The second kappa shape index (κ2) is 9.49. The standard InChI is InChI=1S/C24H29N3O4/c1-2-30-23(29)24(10-5-11-24)31-21-8-3-7-19-17(15-27-22(19)21)9-13-26-16-20(28)18-6-4-12-25-14-18/h3-4,6-8,12,14-15,20,26-28H,2,5,9-11,13,16H2,1H3/t20-/m1/s1. The van der Waals surface area contributed by atoms with Crippen molar-refractivity contribution in [1.29, 1.82) is 0 Å². The summed E-state index contributed by atoms with van der Waals surface area (Å²) in [5.41, 5.74) is 1.99. The Bertz CT molecular complexity index is 1010. The van der Waals surface area contributed by atoms with Crippen molar-refractivity contribution in [3.63, 3.8) is 0 Å². The molecule has 0 saturated heterocycles. The molecule has 164 valence electrons. The molecule has 2 aromatic heterocycles. The maximum Gasteiger partial charge on any atom is 0.350 e. The molecule has 7 nitrogen and oxygen atoms in total. The summed E-state index contributed by atoms with van der Waals surface area (Å²) in [5, 5.41) is 14.6. The lowest BCUT2D eigenvalue weighted by Gasteiger charge is -2.39. The first-order valence-electron chi connectivity index (χ1n) is 10.9. The van der Waals surface area contributed by atoms with Crippen LogP contribution in [0.15, 0.2) is 48.9 Å². The van der Waals surface area contributed by atoms with Crippen LogP contribution in [0.4, 0.5) is 0 Å². The van der Waals surface area contributed by atoms with Gasteiger partial charge < -0.3 is 24.9 Å². The van der Waals surface area contributed by atoms with Crippen molar-refractivity contribution in [2.75, 3.05) is 19.7 Å². The minimum absolute atomic E-state index is 0.276. The lowest BCUT2D eigenvalue weighted by atomic mass is 9.80. The Morgan fingerprint density at radius 3 is 2.90 bits per heavy atom. The largest absolute Gasteiger partial charge is 0.473 e. The second-order valence-corrected chi connectivity index (χ2v) is 7.92. The Balaban J connectivity index is 1.39. The van der Waals surface area contributed by atoms with E-state index in [0.29, 0.717) is 31.7 Å². The van der Waals surface area contributed by atoms with Crippen molar-refractivity contribution in [2.45, 2.75) is 44.3 Å². The van der Waals surface area contributed by atoms with E-state index in [0.717, 1.165) is 41.4 Å². The number of nitrogens with one attached hydrogen (secondary N) is 2. The van der Waals surface area contributed by atoms with Gasteiger partial charge in [-0.2, -0.15) is 0 Å². The van der Waals surface area contributed by atoms with E-state index >= 15 is 0 Å². The molecule has 2 heterocycles. The topological polar surface area (TPSA) is 96.5 Å². The van der Waals surface area contributed by atoms with Crippen LogP contribution in [0.25, 0.3) is 10.9 Å². The summed E-state index contributed by atoms with van der Waals surface area (Å²) in [6.45, 7) is 3.35. The van der Waals surface area contributed by atoms with Crippen LogP contribution in [0, 0.1) is 0 Å². The van der Waals surface area contributed by atoms with E-state index in [1.807, 2.05) is 37.4 Å². The molecule has 1 fully saturated rings. The number of para-hydroxylation sites is 1. The van der Waals surface area contributed by atoms with Crippen molar-refractivity contribution < 1.29 is 19.4 Å². The predicted octanol–water partition coefficient (Wildman–Crippen LogP) is 3.29. The maximum absolute atomic E-state index is 12.4. The molecule has 3 aromatic rings. The van der Waals surface area contributed by atoms with Gasteiger partial charge in [0.15, 0.2) is 0 Å². The van der Waals surface area contributed by atoms with Gasteiger partial charge in [0.2, 0.25) is 5.60 Å². The van der Waals surface area contributed by atoms with E-state index in [1.54, 1.807) is 12.4 Å². The number of aromatic nitrogens is 2. The highest BCUT2D eigenvalue weighted by Gasteiger charge is 2.48. The fourth-order valence-corrected chi connectivity index (χ4v) is 3.95. The van der Waals surface area contributed by atoms with E-state index in [9.17, 15) is 9.90 Å². The van der Waals surface area contributed by atoms with Crippen LogP contribution in [-0.4, -0.2) is 46.3 Å². The van der Waals surface area contributed by atoms with Gasteiger partial charge >= 0.3 is 5.97 Å². The average molecular weight is 424 g/mol. The van der Waals surface area contributed by atoms with E-state index < -0.39 is 11.7 Å². The zero-order valence-electron chi connectivity index (χ0n) is 17.8. The third kappa shape index (κ3) is 4.57. The average Bonchev–Trinajstić information content (AvgIpc) is 3.18. The summed E-state index contributed by atoms with van der Waals surface area (Å²) >= 11 is 0. The van der Waals surface area contributed by atoms with E-state index in [2.05, 4.69) is 21.4 Å². The highest BCUT2D eigenvalue weighted by Crippen LogP contribution is 2.40. The molecule has 0 unspecified atom stereocenters. The number of hydrogen-bond donors (Lipinski definition) is 3. The molecule has 1 aliphatic carbocycles. The molecular weight excluding hydrogens is 394 g/mol. The van der Waals surface area contributed by atoms with Gasteiger partial charge in [-0.1, -0.05) is 18.2 Å². The Labute approximate surface area is 181 Å². The van der Waals surface area contributed by atoms with Crippen LogP contribution in [0.5, 0.6) is 5.75 Å². The summed E-state index contributed by atoms with van der Waals surface area (Å²) in [7, 11) is 0. The smallest absolute Gasteiger partial charge is 0.350 e. The monoisotopic (exact) mass is 423 g/mol. The first-order chi connectivity index (χ1) is 15.1. The van der Waals surface area contributed by atoms with Crippen molar-refractivity contribution in [3.05, 3.63) is 60.0 Å². The fourth-order valence-electron chi connectivity index (χ4n) is 3.95. The lowest BCUT2D eigenvalue weighted by Crippen LogP contribution is -2.51. The summed E-state index contributed by atoms with van der Waals surface area (Å²) in [4.78, 5) is 19.8. The number of aliphatic hydroxyl groups excluding tert-OH is 1. The molecule has 1 saturated carbocycles. The number of H-pyrrole nitrogens is 1. The molecule has 7 heteroatoms. The quantitative estimate of drug-likeness (QED) is 0.342. The molecule has 4 rings (SSSR count). The molecule has 0 spiro atoms. The van der Waals surface area contributed by atoms with Crippen LogP contribution in [0.1, 0.15) is 43.4 Å². The fraction of sp³-hybridized carbons (Fsp3) is 0.417. The highest BCUT2D eigenvalue weighted by atomic mass is 16.6. The molecular formula is C24H29N3O4. The second-order valence-electron chi connectivity index (χ2n) is 7.92. The molecule has 31 heavy (non-hydrogen) atoms. The number of nitrogens with zero attached hydrogens (tertiary/aromatic N) is 1. The van der Waals surface area contributed by atoms with Gasteiger partial charge in [0.1, 0.15) is 5.75 Å². The van der Waals surface area contributed by atoms with Crippen molar-refractivity contribution in [1.82, 2.24) is 15.3 Å². The SMILES string of the molecule is CCOC(=O)C1(Oc2cccc3c(CCNC[C@@H](O)c4cccnc4)c[nH]c23)CCC1. The minimum atomic E-state index is -0.862. The number of fused-ring (bicyclic) bond motifs is 1. The Hall–Kier alpha value is -2.90. The Morgan fingerprint density at radius 2 is 2.19 bits per heavy atom. The van der Waals surface area contributed by atoms with Gasteiger partial charge in [-0.15, -0.1) is 0 Å². The number of hydrogen-bond acceptors (Lipinski definition) is 6. The van der Waals surface area contributed by atoms with Gasteiger partial charge in [-0.3, -0.25) is 4.98 Å². The third-order valence-electron chi connectivity index (χ3n) is 5.85. The zero-order valence-corrected chi connectivity index (χ0v) is 17.8. The van der Waals surface area contributed by atoms with Crippen LogP contribution in [-0.2, 0) is 16.0 Å². The molecule has 1 aromatic carbocycles. The van der Waals surface area contributed by atoms with E-state index in [1.165, 1.54) is 0 Å². The normalized spacial score (nSPS) is 15.9. The first kappa shape index (κ1) is 21.3. The number of ether oxygens (including phenoxy) is 2. The molecule has 0 aliphatic heterocycles. The number of pyridine rings is 1. The van der Waals surface area contributed by atoms with E-state index in [4.69, 9.17) is 9.47 Å². The van der Waals surface area contributed by atoms with Crippen LogP contribution < -0.4 is 10.1 Å². The van der Waals surface area contributed by atoms with Crippen molar-refractivity contribution >= 4 is 16.9 Å². The number of rotatable bonds is 10. The van der Waals surface area contributed by atoms with Crippen molar-refractivity contribution in [3.8, 4) is 5.75 Å². The number of benzene rings is 1. The van der Waals surface area contributed by atoms with Crippen molar-refractivity contribution in [2.24, 2.45) is 0 Å². The predicted molar refractivity (Wildman–Crippen MR) is 118 cm³/mol. The molecule has 0 radical (unpaired) electrons. The molecule has 1 atom stereocenters. The number of aliphatic hydroxyl groups is 1. The molecule has 3 N–H and O–H groups in total. The minimum Gasteiger partial charge on any atom is -0.473 e. The van der Waals surface area contributed by atoms with Crippen LogP contribution in [0.2, 0.25) is 0 Å². The van der Waals surface area contributed by atoms with Gasteiger partial charge in [0.05, 0.1) is 18.2 Å². The maximum atomic E-state index is 12.4. The number of aromatic amines is 1. The number of carbonyl (C=O) groups is 1. The molecule has 1 aliphatic rings. The molecule has 0 bridgehead atoms. The summed E-state index contributed by atoms with van der Waals surface area (Å²) in [5.74, 6) is 0.401. The lowest BCUT2D eigenvalue weighted by molar-refractivity contribution is -0.169. The van der Waals surface area contributed by atoms with Gasteiger partial charge in [-0.05, 0) is 56.8 Å². The Morgan fingerprint density at radius 1 is 1.32 bits per heavy atom. The van der Waals surface area contributed by atoms with Gasteiger partial charge in [0.25, 0.3) is 0 Å². The summed E-state index contributed by atoms with van der Waals surface area (Å²) in [6.07, 6.45) is 7.88. The van der Waals surface area contributed by atoms with Crippen LogP contribution >= 0.6 is 0 Å². The number of esters is 1. The summed E-state index contributed by atoms with van der Waals surface area (Å²) < 4.78 is 11.5. The molecule has 0 amide bonds. The zero-order chi connectivity index (χ0) is 21.7. The van der Waals surface area contributed by atoms with Crippen LogP contribution in [0.3, 0.4) is 0 Å².